The van der Waals surface area contributed by atoms with Crippen LogP contribution in [0.25, 0.3) is 0 Å². The minimum atomic E-state index is -0.994. The van der Waals surface area contributed by atoms with Gasteiger partial charge in [-0.25, -0.2) is 0 Å². The van der Waals surface area contributed by atoms with Gasteiger partial charge in [-0.2, -0.15) is 0 Å². The molecule has 140 valence electrons. The van der Waals surface area contributed by atoms with Crippen LogP contribution in [0.2, 0.25) is 0 Å². The first-order valence-electron chi connectivity index (χ1n) is 8.22. The predicted octanol–water partition coefficient (Wildman–Crippen LogP) is 1.94. The van der Waals surface area contributed by atoms with Crippen molar-refractivity contribution in [2.75, 3.05) is 0 Å². The van der Waals surface area contributed by atoms with Crippen LogP contribution < -0.4 is 0 Å². The summed E-state index contributed by atoms with van der Waals surface area (Å²) in [7, 11) is 0. The number of rotatable bonds is 6. The third-order valence-electron chi connectivity index (χ3n) is 3.65. The summed E-state index contributed by atoms with van der Waals surface area (Å²) in [5.41, 5.74) is 0.939. The molecule has 2 rings (SSSR count). The summed E-state index contributed by atoms with van der Waals surface area (Å²) in [4.78, 5) is 34.4. The monoisotopic (exact) mass is 362 g/mol. The summed E-state index contributed by atoms with van der Waals surface area (Å²) in [6.45, 7) is 4.00. The van der Waals surface area contributed by atoms with Gasteiger partial charge >= 0.3 is 17.9 Å². The Hall–Kier alpha value is -2.67. The van der Waals surface area contributed by atoms with Crippen molar-refractivity contribution < 1.29 is 33.3 Å². The van der Waals surface area contributed by atoms with Gasteiger partial charge in [0, 0.05) is 20.8 Å². The highest BCUT2D eigenvalue weighted by Crippen LogP contribution is 2.25. The normalized spacial score (nSPS) is 24.6. The molecule has 0 spiro atoms. The second-order valence-corrected chi connectivity index (χ2v) is 5.87. The summed E-state index contributed by atoms with van der Waals surface area (Å²) >= 11 is 0. The molecule has 0 saturated carbocycles. The van der Waals surface area contributed by atoms with Gasteiger partial charge in [0.1, 0.15) is 6.10 Å². The lowest BCUT2D eigenvalue weighted by molar-refractivity contribution is -0.192. The average Bonchev–Trinajstić information content (AvgIpc) is 2.56. The largest absolute Gasteiger partial charge is 0.455 e. The minimum Gasteiger partial charge on any atom is -0.455 e. The van der Waals surface area contributed by atoms with Crippen molar-refractivity contribution in [3.05, 3.63) is 48.0 Å². The summed E-state index contributed by atoms with van der Waals surface area (Å²) in [6.07, 6.45) is -0.234. The van der Waals surface area contributed by atoms with Crippen LogP contribution in [0.15, 0.2) is 42.5 Å². The van der Waals surface area contributed by atoms with E-state index in [1.165, 1.54) is 20.8 Å². The van der Waals surface area contributed by atoms with Crippen molar-refractivity contribution >= 4 is 17.9 Å². The van der Waals surface area contributed by atoms with Gasteiger partial charge in [-0.3, -0.25) is 14.4 Å². The zero-order chi connectivity index (χ0) is 19.1. The molecule has 0 aliphatic heterocycles. The maximum atomic E-state index is 11.5. The van der Waals surface area contributed by atoms with Crippen LogP contribution in [0.4, 0.5) is 0 Å². The number of ether oxygens (including phenoxy) is 4. The van der Waals surface area contributed by atoms with E-state index in [1.807, 2.05) is 30.3 Å². The van der Waals surface area contributed by atoms with Crippen molar-refractivity contribution in [1.29, 1.82) is 0 Å². The smallest absolute Gasteiger partial charge is 0.303 e. The number of esters is 3. The fourth-order valence-corrected chi connectivity index (χ4v) is 2.68. The number of carbonyl (C=O) groups excluding carboxylic acids is 3. The van der Waals surface area contributed by atoms with Crippen molar-refractivity contribution in [1.82, 2.24) is 0 Å². The van der Waals surface area contributed by atoms with Gasteiger partial charge in [-0.05, 0) is 11.6 Å². The van der Waals surface area contributed by atoms with Crippen LogP contribution in [-0.4, -0.2) is 42.3 Å². The first-order chi connectivity index (χ1) is 12.4. The third-order valence-corrected chi connectivity index (χ3v) is 3.65. The van der Waals surface area contributed by atoms with E-state index < -0.39 is 42.3 Å². The van der Waals surface area contributed by atoms with Crippen molar-refractivity contribution in [3.63, 3.8) is 0 Å². The summed E-state index contributed by atoms with van der Waals surface area (Å²) < 4.78 is 21.6. The van der Waals surface area contributed by atoms with Gasteiger partial charge in [0.2, 0.25) is 0 Å². The van der Waals surface area contributed by atoms with Crippen LogP contribution in [0.3, 0.4) is 0 Å². The van der Waals surface area contributed by atoms with E-state index in [2.05, 4.69) is 0 Å². The molecule has 4 atom stereocenters. The molecule has 1 aromatic carbocycles. The topological polar surface area (TPSA) is 88.1 Å². The molecule has 0 aromatic heterocycles. The molecule has 0 bridgehead atoms. The lowest BCUT2D eigenvalue weighted by atomic mass is 9.95. The average molecular weight is 362 g/mol. The molecule has 0 saturated heterocycles. The van der Waals surface area contributed by atoms with Crippen LogP contribution in [-0.2, 0) is 39.9 Å². The Bertz CT molecular complexity index is 668. The molecule has 0 unspecified atom stereocenters. The maximum absolute atomic E-state index is 11.5. The Morgan fingerprint density at radius 1 is 0.769 bits per heavy atom. The summed E-state index contributed by atoms with van der Waals surface area (Å²) in [6, 6.07) is 9.47. The molecule has 0 fully saturated rings. The first-order valence-corrected chi connectivity index (χ1v) is 8.22. The fraction of sp³-hybridized carbons (Fsp3) is 0.421. The second-order valence-electron chi connectivity index (χ2n) is 5.87. The molecule has 0 amide bonds. The molecule has 0 radical (unpaired) electrons. The second kappa shape index (κ2) is 9.15. The molecular formula is C19H22O7. The van der Waals surface area contributed by atoms with Gasteiger partial charge < -0.3 is 18.9 Å². The fourth-order valence-electron chi connectivity index (χ4n) is 2.68. The van der Waals surface area contributed by atoms with Crippen LogP contribution in [0, 0.1) is 0 Å². The van der Waals surface area contributed by atoms with Crippen molar-refractivity contribution in [3.8, 4) is 0 Å². The number of hydrogen-bond acceptors (Lipinski definition) is 7. The van der Waals surface area contributed by atoms with E-state index in [1.54, 1.807) is 12.2 Å². The summed E-state index contributed by atoms with van der Waals surface area (Å²) in [5, 5.41) is 0. The maximum Gasteiger partial charge on any atom is 0.303 e. The van der Waals surface area contributed by atoms with Gasteiger partial charge in [0.25, 0.3) is 0 Å². The van der Waals surface area contributed by atoms with Gasteiger partial charge in [-0.15, -0.1) is 0 Å². The minimum absolute atomic E-state index is 0.276. The van der Waals surface area contributed by atoms with E-state index in [-0.39, 0.29) is 6.61 Å². The van der Waals surface area contributed by atoms with Crippen molar-refractivity contribution in [2.24, 2.45) is 0 Å². The van der Waals surface area contributed by atoms with Crippen LogP contribution in [0.5, 0.6) is 0 Å². The number of hydrogen-bond donors (Lipinski definition) is 0. The molecule has 7 heteroatoms. The Balaban J connectivity index is 2.22. The molecule has 0 N–H and O–H groups in total. The predicted molar refractivity (Wildman–Crippen MR) is 90.8 cm³/mol. The molecular weight excluding hydrogens is 340 g/mol. The molecule has 0 heterocycles. The van der Waals surface area contributed by atoms with Gasteiger partial charge in [0.05, 0.1) is 6.61 Å². The van der Waals surface area contributed by atoms with E-state index in [0.29, 0.717) is 0 Å². The van der Waals surface area contributed by atoms with Gasteiger partial charge in [0.15, 0.2) is 18.3 Å². The van der Waals surface area contributed by atoms with Crippen molar-refractivity contribution in [2.45, 2.75) is 51.8 Å². The quantitative estimate of drug-likeness (QED) is 0.434. The Labute approximate surface area is 151 Å². The zero-order valence-corrected chi connectivity index (χ0v) is 14.9. The first kappa shape index (κ1) is 19.7. The zero-order valence-electron chi connectivity index (χ0n) is 14.9. The molecule has 1 aliphatic rings. The standard InChI is InChI=1S/C19H22O7/c1-12(20)24-17-10-9-16(23-11-15-7-5-4-6-8-15)18(25-13(2)21)19(17)26-14(3)22/h4-10,16-19H,11H2,1-3H3/t16-,17-,18+,19+/m0/s1. The highest BCUT2D eigenvalue weighted by Gasteiger charge is 2.43. The Morgan fingerprint density at radius 2 is 1.27 bits per heavy atom. The highest BCUT2D eigenvalue weighted by molar-refractivity contribution is 5.68. The van der Waals surface area contributed by atoms with Crippen LogP contribution in [0.1, 0.15) is 26.3 Å². The van der Waals surface area contributed by atoms with Crippen LogP contribution >= 0.6 is 0 Å². The molecule has 26 heavy (non-hydrogen) atoms. The lowest BCUT2D eigenvalue weighted by Gasteiger charge is -2.37. The van der Waals surface area contributed by atoms with Gasteiger partial charge in [-0.1, -0.05) is 36.4 Å². The van der Waals surface area contributed by atoms with E-state index in [4.69, 9.17) is 18.9 Å². The highest BCUT2D eigenvalue weighted by atomic mass is 16.6. The summed E-state index contributed by atoms with van der Waals surface area (Å²) in [5.74, 6) is -1.68. The molecule has 1 aliphatic carbocycles. The molecule has 7 nitrogen and oxygen atoms in total. The third kappa shape index (κ3) is 5.70. The van der Waals surface area contributed by atoms with E-state index in [9.17, 15) is 14.4 Å². The van der Waals surface area contributed by atoms with E-state index in [0.717, 1.165) is 5.56 Å². The van der Waals surface area contributed by atoms with E-state index >= 15 is 0 Å². The number of benzene rings is 1. The Kier molecular flexibility index (Phi) is 6.91. The number of carbonyl (C=O) groups is 3. The Morgan fingerprint density at radius 3 is 1.81 bits per heavy atom. The molecule has 1 aromatic rings. The lowest BCUT2D eigenvalue weighted by Crippen LogP contribution is -2.52. The SMILES string of the molecule is CC(=O)O[C@H]1[C@H](OC(C)=O)[C@@H](OC(C)=O)C=C[C@@H]1OCc1ccccc1.